The molecule has 0 radical (unpaired) electrons. The van der Waals surface area contributed by atoms with Crippen LogP contribution in [0.2, 0.25) is 0 Å². The molecule has 1 heterocycles. The first-order chi connectivity index (χ1) is 14.7. The number of methoxy groups -OCH3 is 1. The van der Waals surface area contributed by atoms with E-state index in [4.69, 9.17) is 4.74 Å². The molecule has 0 aliphatic carbocycles. The fourth-order valence-corrected chi connectivity index (χ4v) is 5.57. The van der Waals surface area contributed by atoms with E-state index >= 15 is 0 Å². The lowest BCUT2D eigenvalue weighted by molar-refractivity contribution is -0.125. The lowest BCUT2D eigenvalue weighted by atomic mass is 10.2. The fraction of sp³-hybridized carbons (Fsp3) is 0.550. The Kier molecular flexibility index (Phi) is 9.04. The molecule has 0 N–H and O–H groups in total. The van der Waals surface area contributed by atoms with Crippen molar-refractivity contribution in [1.29, 1.82) is 0 Å². The summed E-state index contributed by atoms with van der Waals surface area (Å²) in [6.07, 6.45) is 0. The van der Waals surface area contributed by atoms with Crippen molar-refractivity contribution in [1.82, 2.24) is 24.0 Å². The number of nitrogens with zero attached hydrogens (tertiary/aromatic N) is 5. The molecule has 1 atom stereocenters. The molecule has 1 amide bonds. The van der Waals surface area contributed by atoms with Gasteiger partial charge in [-0.2, -0.15) is 4.31 Å². The van der Waals surface area contributed by atoms with Crippen LogP contribution in [0.15, 0.2) is 34.3 Å². The SMILES string of the molecule is CCN(CC)S(=O)(=O)c1cccc(-c2nnc(SCC(=O)N(C)C)n2C(C)COC)c1. The maximum Gasteiger partial charge on any atom is 0.243 e. The summed E-state index contributed by atoms with van der Waals surface area (Å²) in [5, 5.41) is 9.18. The van der Waals surface area contributed by atoms with Crippen LogP contribution in [0.4, 0.5) is 0 Å². The molecule has 9 nitrogen and oxygen atoms in total. The van der Waals surface area contributed by atoms with Crippen molar-refractivity contribution in [3.05, 3.63) is 24.3 Å². The van der Waals surface area contributed by atoms with Crippen LogP contribution >= 0.6 is 11.8 Å². The summed E-state index contributed by atoms with van der Waals surface area (Å²) in [6, 6.07) is 6.60. The van der Waals surface area contributed by atoms with Crippen molar-refractivity contribution in [2.24, 2.45) is 0 Å². The summed E-state index contributed by atoms with van der Waals surface area (Å²) in [7, 11) is 1.41. The van der Waals surface area contributed by atoms with E-state index in [9.17, 15) is 13.2 Å². The summed E-state index contributed by atoms with van der Waals surface area (Å²) in [4.78, 5) is 13.8. The van der Waals surface area contributed by atoms with Crippen LogP contribution in [0, 0.1) is 0 Å². The van der Waals surface area contributed by atoms with Crippen molar-refractivity contribution in [2.75, 3.05) is 46.7 Å². The average Bonchev–Trinajstić information content (AvgIpc) is 3.17. The third-order valence-electron chi connectivity index (χ3n) is 4.77. The van der Waals surface area contributed by atoms with Crippen molar-refractivity contribution in [2.45, 2.75) is 36.9 Å². The van der Waals surface area contributed by atoms with Crippen molar-refractivity contribution in [3.63, 3.8) is 0 Å². The van der Waals surface area contributed by atoms with Gasteiger partial charge < -0.3 is 9.64 Å². The molecular formula is C20H31N5O4S2. The molecule has 1 unspecified atom stereocenters. The molecule has 0 saturated carbocycles. The summed E-state index contributed by atoms with van der Waals surface area (Å²) < 4.78 is 34.5. The molecule has 0 fully saturated rings. The third kappa shape index (κ3) is 5.85. The van der Waals surface area contributed by atoms with E-state index in [2.05, 4.69) is 10.2 Å². The van der Waals surface area contributed by atoms with Gasteiger partial charge in [-0.3, -0.25) is 9.36 Å². The number of amides is 1. The molecule has 0 aliphatic rings. The number of benzene rings is 1. The molecule has 0 bridgehead atoms. The minimum atomic E-state index is -3.60. The Morgan fingerprint density at radius 2 is 1.90 bits per heavy atom. The number of sulfonamides is 1. The van der Waals surface area contributed by atoms with Crippen LogP contribution in [-0.2, 0) is 19.6 Å². The largest absolute Gasteiger partial charge is 0.383 e. The van der Waals surface area contributed by atoms with Gasteiger partial charge in [0.2, 0.25) is 15.9 Å². The van der Waals surface area contributed by atoms with Crippen LogP contribution in [0.1, 0.15) is 26.8 Å². The molecule has 0 spiro atoms. The van der Waals surface area contributed by atoms with E-state index in [0.717, 1.165) is 0 Å². The number of carbonyl (C=O) groups is 1. The van der Waals surface area contributed by atoms with Crippen LogP contribution in [0.5, 0.6) is 0 Å². The Balaban J connectivity index is 2.49. The van der Waals surface area contributed by atoms with Crippen molar-refractivity contribution >= 4 is 27.7 Å². The first-order valence-electron chi connectivity index (χ1n) is 10.0. The van der Waals surface area contributed by atoms with Crippen molar-refractivity contribution < 1.29 is 17.9 Å². The molecule has 172 valence electrons. The minimum absolute atomic E-state index is 0.0344. The zero-order valence-corrected chi connectivity index (χ0v) is 20.5. The van der Waals surface area contributed by atoms with Gasteiger partial charge in [-0.15, -0.1) is 10.2 Å². The van der Waals surface area contributed by atoms with E-state index in [-0.39, 0.29) is 22.6 Å². The van der Waals surface area contributed by atoms with Crippen LogP contribution in [0.3, 0.4) is 0 Å². The molecule has 11 heteroatoms. The van der Waals surface area contributed by atoms with Gasteiger partial charge in [0.1, 0.15) is 0 Å². The average molecular weight is 470 g/mol. The van der Waals surface area contributed by atoms with Gasteiger partial charge in [0.15, 0.2) is 11.0 Å². The van der Waals surface area contributed by atoms with Crippen LogP contribution < -0.4 is 0 Å². The topological polar surface area (TPSA) is 97.6 Å². The van der Waals surface area contributed by atoms with Gasteiger partial charge in [0.25, 0.3) is 0 Å². The fourth-order valence-electron chi connectivity index (χ4n) is 3.05. The molecule has 31 heavy (non-hydrogen) atoms. The van der Waals surface area contributed by atoms with E-state index < -0.39 is 10.0 Å². The van der Waals surface area contributed by atoms with Gasteiger partial charge in [0, 0.05) is 39.9 Å². The van der Waals surface area contributed by atoms with Gasteiger partial charge >= 0.3 is 0 Å². The number of hydrogen-bond donors (Lipinski definition) is 0. The Labute approximate surface area is 188 Å². The van der Waals surface area contributed by atoms with Gasteiger partial charge in [-0.05, 0) is 19.1 Å². The first kappa shape index (κ1) is 25.3. The predicted octanol–water partition coefficient (Wildman–Crippen LogP) is 2.36. The monoisotopic (exact) mass is 469 g/mol. The third-order valence-corrected chi connectivity index (χ3v) is 7.75. The predicted molar refractivity (Wildman–Crippen MR) is 122 cm³/mol. The minimum Gasteiger partial charge on any atom is -0.383 e. The Hall–Kier alpha value is -1.95. The molecule has 1 aromatic heterocycles. The standard InChI is InChI=1S/C20H31N5O4S2/c1-7-24(8-2)31(27,28)17-11-9-10-16(12-17)19-21-22-20(25(19)15(3)13-29-6)30-14-18(26)23(4)5/h9-12,15H,7-8,13-14H2,1-6H3. The number of hydrogen-bond acceptors (Lipinski definition) is 7. The van der Waals surface area contributed by atoms with E-state index in [1.807, 2.05) is 25.3 Å². The Morgan fingerprint density at radius 3 is 2.48 bits per heavy atom. The molecule has 1 aromatic carbocycles. The van der Waals surface area contributed by atoms with Crippen molar-refractivity contribution in [3.8, 4) is 11.4 Å². The second-order valence-corrected chi connectivity index (χ2v) is 10.1. The lowest BCUT2D eigenvalue weighted by Gasteiger charge is -2.20. The second kappa shape index (κ2) is 11.1. The molecule has 2 rings (SSSR count). The van der Waals surface area contributed by atoms with E-state index in [0.29, 0.717) is 36.2 Å². The Bertz CT molecular complexity index is 987. The number of thioether (sulfide) groups is 1. The molecule has 0 saturated heterocycles. The maximum atomic E-state index is 13.0. The zero-order chi connectivity index (χ0) is 23.2. The highest BCUT2D eigenvalue weighted by molar-refractivity contribution is 7.99. The summed E-state index contributed by atoms with van der Waals surface area (Å²) in [5.41, 5.74) is 0.634. The summed E-state index contributed by atoms with van der Waals surface area (Å²) in [5.74, 6) is 0.718. The van der Waals surface area contributed by atoms with Gasteiger partial charge in [-0.1, -0.05) is 37.7 Å². The first-order valence-corrected chi connectivity index (χ1v) is 12.5. The Morgan fingerprint density at radius 1 is 1.23 bits per heavy atom. The van der Waals surface area contributed by atoms with Gasteiger partial charge in [-0.25, -0.2) is 8.42 Å². The summed E-state index contributed by atoms with van der Waals surface area (Å²) >= 11 is 1.29. The molecule has 2 aromatic rings. The maximum absolute atomic E-state index is 13.0. The highest BCUT2D eigenvalue weighted by Crippen LogP contribution is 2.30. The van der Waals surface area contributed by atoms with E-state index in [1.165, 1.54) is 21.0 Å². The molecule has 0 aliphatic heterocycles. The second-order valence-electron chi connectivity index (χ2n) is 7.17. The van der Waals surface area contributed by atoms with Gasteiger partial charge in [0.05, 0.1) is 23.3 Å². The van der Waals surface area contributed by atoms with Crippen LogP contribution in [-0.4, -0.2) is 84.9 Å². The highest BCUT2D eigenvalue weighted by atomic mass is 32.2. The van der Waals surface area contributed by atoms with Crippen LogP contribution in [0.25, 0.3) is 11.4 Å². The number of rotatable bonds is 11. The normalized spacial score (nSPS) is 12.9. The summed E-state index contributed by atoms with van der Waals surface area (Å²) in [6.45, 7) is 6.79. The number of aromatic nitrogens is 3. The number of carbonyl (C=O) groups excluding carboxylic acids is 1. The smallest absolute Gasteiger partial charge is 0.243 e. The highest BCUT2D eigenvalue weighted by Gasteiger charge is 2.24. The quantitative estimate of drug-likeness (QED) is 0.466. The zero-order valence-electron chi connectivity index (χ0n) is 18.9. The molecular weight excluding hydrogens is 438 g/mol. The number of ether oxygens (including phenoxy) is 1. The lowest BCUT2D eigenvalue weighted by Crippen LogP contribution is -2.30. The van der Waals surface area contributed by atoms with E-state index in [1.54, 1.807) is 45.5 Å².